The van der Waals surface area contributed by atoms with Crippen LogP contribution >= 0.6 is 15.9 Å². The van der Waals surface area contributed by atoms with Gasteiger partial charge in [0.25, 0.3) is 0 Å². The van der Waals surface area contributed by atoms with Crippen molar-refractivity contribution in [2.75, 3.05) is 7.11 Å². The third-order valence-corrected chi connectivity index (χ3v) is 3.91. The van der Waals surface area contributed by atoms with Gasteiger partial charge in [-0.2, -0.15) is 5.10 Å². The van der Waals surface area contributed by atoms with Gasteiger partial charge in [-0.1, -0.05) is 18.2 Å². The van der Waals surface area contributed by atoms with Crippen molar-refractivity contribution in [2.24, 2.45) is 0 Å². The molecule has 0 saturated carbocycles. The molecule has 0 amide bonds. The molecule has 0 aliphatic rings. The molecule has 108 valence electrons. The fraction of sp³-hybridized carbons (Fsp3) is 0.400. The average Bonchev–Trinajstić information content (AvgIpc) is 2.81. The Morgan fingerprint density at radius 3 is 2.60 bits per heavy atom. The molecule has 20 heavy (non-hydrogen) atoms. The summed E-state index contributed by atoms with van der Waals surface area (Å²) in [6.07, 6.45) is 1.71. The van der Waals surface area contributed by atoms with Crippen LogP contribution in [0.5, 0.6) is 5.75 Å². The molecule has 5 heteroatoms. The van der Waals surface area contributed by atoms with E-state index >= 15 is 0 Å². The van der Waals surface area contributed by atoms with Gasteiger partial charge >= 0.3 is 0 Å². The van der Waals surface area contributed by atoms with Crippen LogP contribution in [0.15, 0.2) is 34.9 Å². The molecular formula is C15H19BrN2O2. The normalized spacial score (nSPS) is 14.3. The molecule has 2 aromatic rings. The zero-order valence-electron chi connectivity index (χ0n) is 12.1. The summed E-state index contributed by atoms with van der Waals surface area (Å²) in [7, 11) is 1.60. The fourth-order valence-corrected chi connectivity index (χ4v) is 3.02. The number of rotatable bonds is 4. The number of para-hydroxylation sites is 1. The molecule has 1 heterocycles. The van der Waals surface area contributed by atoms with Crippen molar-refractivity contribution < 1.29 is 9.84 Å². The number of hydrogen-bond acceptors (Lipinski definition) is 3. The highest BCUT2D eigenvalue weighted by atomic mass is 79.9. The predicted molar refractivity (Wildman–Crippen MR) is 82.0 cm³/mol. The lowest BCUT2D eigenvalue weighted by Gasteiger charge is -2.28. The van der Waals surface area contributed by atoms with E-state index in [1.54, 1.807) is 20.2 Å². The van der Waals surface area contributed by atoms with Crippen LogP contribution in [0.4, 0.5) is 0 Å². The van der Waals surface area contributed by atoms with Gasteiger partial charge < -0.3 is 9.84 Å². The van der Waals surface area contributed by atoms with E-state index < -0.39 is 5.60 Å². The second kappa shape index (κ2) is 5.58. The molecule has 1 unspecified atom stereocenters. The van der Waals surface area contributed by atoms with Crippen LogP contribution in [0.25, 0.3) is 0 Å². The molecule has 0 aliphatic heterocycles. The third kappa shape index (κ3) is 2.47. The Kier molecular flexibility index (Phi) is 4.20. The first kappa shape index (κ1) is 15.1. The van der Waals surface area contributed by atoms with Gasteiger partial charge in [0.05, 0.1) is 23.5 Å². The van der Waals surface area contributed by atoms with Crippen molar-refractivity contribution in [3.05, 3.63) is 46.2 Å². The monoisotopic (exact) mass is 338 g/mol. The van der Waals surface area contributed by atoms with Gasteiger partial charge in [0, 0.05) is 11.6 Å². The van der Waals surface area contributed by atoms with Crippen molar-refractivity contribution in [3.8, 4) is 5.75 Å². The van der Waals surface area contributed by atoms with Gasteiger partial charge in [-0.25, -0.2) is 0 Å². The lowest BCUT2D eigenvalue weighted by Crippen LogP contribution is -2.28. The maximum absolute atomic E-state index is 11.1. The Bertz CT molecular complexity index is 606. The van der Waals surface area contributed by atoms with Gasteiger partial charge in [-0.15, -0.1) is 0 Å². The number of halogens is 1. The van der Waals surface area contributed by atoms with E-state index in [1.807, 2.05) is 42.8 Å². The Morgan fingerprint density at radius 1 is 1.35 bits per heavy atom. The minimum Gasteiger partial charge on any atom is -0.496 e. The van der Waals surface area contributed by atoms with Gasteiger partial charge in [0.15, 0.2) is 0 Å². The minimum atomic E-state index is -1.20. The molecule has 0 fully saturated rings. The van der Waals surface area contributed by atoms with E-state index in [0.717, 1.165) is 10.2 Å². The Balaban J connectivity index is 2.63. The number of nitrogens with zero attached hydrogens (tertiary/aromatic N) is 2. The van der Waals surface area contributed by atoms with Gasteiger partial charge in [-0.3, -0.25) is 4.68 Å². The summed E-state index contributed by atoms with van der Waals surface area (Å²) < 4.78 is 7.96. The molecule has 1 aromatic carbocycles. The standard InChI is InChI=1S/C15H19BrN2O2/c1-10(2)18-14(12(16)9-17-18)15(3,19)11-7-5-6-8-13(11)20-4/h5-10,19H,1-4H3. The minimum absolute atomic E-state index is 0.150. The molecule has 0 aliphatic carbocycles. The summed E-state index contributed by atoms with van der Waals surface area (Å²) in [5.74, 6) is 0.654. The summed E-state index contributed by atoms with van der Waals surface area (Å²) >= 11 is 3.48. The van der Waals surface area contributed by atoms with Crippen LogP contribution < -0.4 is 4.74 Å². The quantitative estimate of drug-likeness (QED) is 0.928. The molecule has 0 bridgehead atoms. The Hall–Kier alpha value is -1.33. The van der Waals surface area contributed by atoms with Gasteiger partial charge in [0.2, 0.25) is 0 Å². The number of aliphatic hydroxyl groups is 1. The predicted octanol–water partition coefficient (Wildman–Crippen LogP) is 3.49. The van der Waals surface area contributed by atoms with Crippen LogP contribution in [0.2, 0.25) is 0 Å². The fourth-order valence-electron chi connectivity index (χ4n) is 2.36. The van der Waals surface area contributed by atoms with Crippen molar-refractivity contribution in [3.63, 3.8) is 0 Å². The van der Waals surface area contributed by atoms with Crippen molar-refractivity contribution in [1.29, 1.82) is 0 Å². The van der Waals surface area contributed by atoms with Crippen LogP contribution in [0.3, 0.4) is 0 Å². The molecule has 1 atom stereocenters. The highest BCUT2D eigenvalue weighted by Gasteiger charge is 2.35. The van der Waals surface area contributed by atoms with Crippen LogP contribution in [0.1, 0.15) is 38.1 Å². The molecule has 1 aromatic heterocycles. The van der Waals surface area contributed by atoms with Crippen LogP contribution in [0, 0.1) is 0 Å². The van der Waals surface area contributed by atoms with Crippen molar-refractivity contribution >= 4 is 15.9 Å². The zero-order chi connectivity index (χ0) is 14.9. The molecule has 2 rings (SSSR count). The van der Waals surface area contributed by atoms with Gasteiger partial charge in [-0.05, 0) is 42.8 Å². The second-order valence-corrected chi connectivity index (χ2v) is 6.01. The summed E-state index contributed by atoms with van der Waals surface area (Å²) in [4.78, 5) is 0. The second-order valence-electron chi connectivity index (χ2n) is 5.15. The first-order chi connectivity index (χ1) is 9.39. The molecule has 1 N–H and O–H groups in total. The molecular weight excluding hydrogens is 320 g/mol. The van der Waals surface area contributed by atoms with E-state index in [2.05, 4.69) is 21.0 Å². The summed E-state index contributed by atoms with van der Waals surface area (Å²) in [6, 6.07) is 7.62. The first-order valence-electron chi connectivity index (χ1n) is 6.49. The number of benzene rings is 1. The summed E-state index contributed by atoms with van der Waals surface area (Å²) in [5, 5.41) is 15.4. The topological polar surface area (TPSA) is 47.3 Å². The molecule has 0 saturated heterocycles. The Morgan fingerprint density at radius 2 is 2.00 bits per heavy atom. The maximum atomic E-state index is 11.1. The average molecular weight is 339 g/mol. The highest BCUT2D eigenvalue weighted by Crippen LogP contribution is 2.39. The van der Waals surface area contributed by atoms with E-state index in [9.17, 15) is 5.11 Å². The lowest BCUT2D eigenvalue weighted by molar-refractivity contribution is 0.0862. The summed E-state index contributed by atoms with van der Waals surface area (Å²) in [5.41, 5.74) is 0.231. The zero-order valence-corrected chi connectivity index (χ0v) is 13.7. The molecule has 4 nitrogen and oxygen atoms in total. The number of ether oxygens (including phenoxy) is 1. The number of methoxy groups -OCH3 is 1. The van der Waals surface area contributed by atoms with Crippen molar-refractivity contribution in [2.45, 2.75) is 32.4 Å². The van der Waals surface area contributed by atoms with Gasteiger partial charge in [0.1, 0.15) is 11.4 Å². The highest BCUT2D eigenvalue weighted by molar-refractivity contribution is 9.10. The molecule has 0 radical (unpaired) electrons. The lowest BCUT2D eigenvalue weighted by atomic mass is 9.91. The van der Waals surface area contributed by atoms with E-state index in [0.29, 0.717) is 11.3 Å². The summed E-state index contributed by atoms with van der Waals surface area (Å²) in [6.45, 7) is 5.81. The molecule has 0 spiro atoms. The van der Waals surface area contributed by atoms with E-state index in [-0.39, 0.29) is 6.04 Å². The van der Waals surface area contributed by atoms with Crippen LogP contribution in [-0.4, -0.2) is 22.0 Å². The number of hydrogen-bond donors (Lipinski definition) is 1. The Labute approximate surface area is 127 Å². The van der Waals surface area contributed by atoms with Crippen LogP contribution in [-0.2, 0) is 5.60 Å². The third-order valence-electron chi connectivity index (χ3n) is 3.33. The smallest absolute Gasteiger partial charge is 0.133 e. The SMILES string of the molecule is COc1ccccc1C(C)(O)c1c(Br)cnn1C(C)C. The van der Waals surface area contributed by atoms with E-state index in [1.165, 1.54) is 0 Å². The number of aromatic nitrogens is 2. The van der Waals surface area contributed by atoms with Crippen molar-refractivity contribution in [1.82, 2.24) is 9.78 Å². The largest absolute Gasteiger partial charge is 0.496 e. The van der Waals surface area contributed by atoms with E-state index in [4.69, 9.17) is 4.74 Å². The maximum Gasteiger partial charge on any atom is 0.133 e. The first-order valence-corrected chi connectivity index (χ1v) is 7.28.